The van der Waals surface area contributed by atoms with Crippen molar-refractivity contribution in [1.82, 2.24) is 5.32 Å². The highest BCUT2D eigenvalue weighted by atomic mass is 16.3. The van der Waals surface area contributed by atoms with Crippen molar-refractivity contribution in [2.45, 2.75) is 44.6 Å². The van der Waals surface area contributed by atoms with Crippen LogP contribution >= 0.6 is 0 Å². The van der Waals surface area contributed by atoms with Crippen LogP contribution in [0, 0.1) is 5.92 Å². The van der Waals surface area contributed by atoms with E-state index in [9.17, 15) is 9.90 Å². The molecule has 3 nitrogen and oxygen atoms in total. The first kappa shape index (κ1) is 14.1. The number of nitrogens with one attached hydrogen (secondary N) is 1. The number of rotatable bonds is 4. The SMILES string of the molecule is CC(O)CNC(=O)C1CCC(c2ccccc2)CC1. The highest BCUT2D eigenvalue weighted by Gasteiger charge is 2.26. The van der Waals surface area contributed by atoms with Crippen LogP contribution in [0.1, 0.15) is 44.1 Å². The van der Waals surface area contributed by atoms with Crippen molar-refractivity contribution in [3.05, 3.63) is 35.9 Å². The molecule has 1 unspecified atom stereocenters. The van der Waals surface area contributed by atoms with Crippen LogP contribution in [-0.2, 0) is 4.79 Å². The summed E-state index contributed by atoms with van der Waals surface area (Å²) in [7, 11) is 0. The van der Waals surface area contributed by atoms with Crippen LogP contribution in [0.3, 0.4) is 0 Å². The normalized spacial score (nSPS) is 24.7. The molecule has 1 saturated carbocycles. The highest BCUT2D eigenvalue weighted by molar-refractivity contribution is 5.78. The summed E-state index contributed by atoms with van der Waals surface area (Å²) in [6.07, 6.45) is 3.59. The van der Waals surface area contributed by atoms with Crippen molar-refractivity contribution in [3.8, 4) is 0 Å². The van der Waals surface area contributed by atoms with E-state index in [1.165, 1.54) is 5.56 Å². The maximum atomic E-state index is 11.9. The summed E-state index contributed by atoms with van der Waals surface area (Å²) >= 11 is 0. The molecule has 1 aromatic rings. The van der Waals surface area contributed by atoms with Gasteiger partial charge < -0.3 is 10.4 Å². The molecule has 19 heavy (non-hydrogen) atoms. The molecule has 1 atom stereocenters. The Bertz CT molecular complexity index is 394. The Morgan fingerprint density at radius 1 is 1.26 bits per heavy atom. The van der Waals surface area contributed by atoms with Crippen LogP contribution in [0.4, 0.5) is 0 Å². The zero-order chi connectivity index (χ0) is 13.7. The lowest BCUT2D eigenvalue weighted by molar-refractivity contribution is -0.126. The lowest BCUT2D eigenvalue weighted by atomic mass is 9.78. The molecule has 0 spiro atoms. The minimum Gasteiger partial charge on any atom is -0.392 e. The summed E-state index contributed by atoms with van der Waals surface area (Å²) in [5, 5.41) is 12.0. The Morgan fingerprint density at radius 2 is 1.89 bits per heavy atom. The fourth-order valence-electron chi connectivity index (χ4n) is 2.81. The van der Waals surface area contributed by atoms with Crippen molar-refractivity contribution in [1.29, 1.82) is 0 Å². The molecule has 2 rings (SSSR count). The zero-order valence-electron chi connectivity index (χ0n) is 11.5. The first-order chi connectivity index (χ1) is 9.16. The lowest BCUT2D eigenvalue weighted by Crippen LogP contribution is -2.36. The van der Waals surface area contributed by atoms with Gasteiger partial charge in [0.15, 0.2) is 0 Å². The van der Waals surface area contributed by atoms with Crippen LogP contribution in [-0.4, -0.2) is 23.7 Å². The van der Waals surface area contributed by atoms with Gasteiger partial charge in [-0.1, -0.05) is 30.3 Å². The van der Waals surface area contributed by atoms with E-state index in [1.54, 1.807) is 6.92 Å². The Labute approximate surface area is 115 Å². The minimum atomic E-state index is -0.468. The maximum absolute atomic E-state index is 11.9. The fourth-order valence-corrected chi connectivity index (χ4v) is 2.81. The second-order valence-electron chi connectivity index (χ2n) is 5.55. The predicted molar refractivity (Wildman–Crippen MR) is 75.8 cm³/mol. The van der Waals surface area contributed by atoms with E-state index in [1.807, 2.05) is 6.07 Å². The standard InChI is InChI=1S/C16H23NO2/c1-12(18)11-17-16(19)15-9-7-14(8-10-15)13-5-3-2-4-6-13/h2-6,12,14-15,18H,7-11H2,1H3,(H,17,19). The molecule has 1 aromatic carbocycles. The molecule has 104 valence electrons. The third-order valence-corrected chi connectivity index (χ3v) is 3.94. The van der Waals surface area contributed by atoms with Crippen molar-refractivity contribution in [2.75, 3.05) is 6.54 Å². The molecule has 0 saturated heterocycles. The van der Waals surface area contributed by atoms with Crippen LogP contribution in [0.25, 0.3) is 0 Å². The summed E-state index contributed by atoms with van der Waals surface area (Å²) in [4.78, 5) is 11.9. The molecule has 1 aliphatic carbocycles. The summed E-state index contributed by atoms with van der Waals surface area (Å²) in [5.74, 6) is 0.827. The average Bonchev–Trinajstić information content (AvgIpc) is 2.46. The van der Waals surface area contributed by atoms with Crippen LogP contribution in [0.2, 0.25) is 0 Å². The van der Waals surface area contributed by atoms with Crippen LogP contribution < -0.4 is 5.32 Å². The van der Waals surface area contributed by atoms with Gasteiger partial charge in [-0.2, -0.15) is 0 Å². The predicted octanol–water partition coefficient (Wildman–Crippen LogP) is 2.46. The zero-order valence-corrected chi connectivity index (χ0v) is 11.5. The molecule has 0 radical (unpaired) electrons. The molecule has 1 amide bonds. The van der Waals surface area contributed by atoms with Gasteiger partial charge >= 0.3 is 0 Å². The van der Waals surface area contributed by atoms with E-state index in [4.69, 9.17) is 0 Å². The number of benzene rings is 1. The second kappa shape index (κ2) is 6.71. The summed E-state index contributed by atoms with van der Waals surface area (Å²) in [6, 6.07) is 10.6. The Balaban J connectivity index is 1.81. The van der Waals surface area contributed by atoms with E-state index in [0.717, 1.165) is 25.7 Å². The van der Waals surface area contributed by atoms with Gasteiger partial charge in [-0.15, -0.1) is 0 Å². The summed E-state index contributed by atoms with van der Waals surface area (Å²) in [5.41, 5.74) is 1.39. The van der Waals surface area contributed by atoms with Gasteiger partial charge in [0.1, 0.15) is 0 Å². The number of hydrogen-bond donors (Lipinski definition) is 2. The van der Waals surface area contributed by atoms with Crippen LogP contribution in [0.5, 0.6) is 0 Å². The summed E-state index contributed by atoms with van der Waals surface area (Å²) in [6.45, 7) is 2.05. The van der Waals surface area contributed by atoms with Crippen molar-refractivity contribution < 1.29 is 9.90 Å². The molecular formula is C16H23NO2. The first-order valence-electron chi connectivity index (χ1n) is 7.17. The van der Waals surface area contributed by atoms with Gasteiger partial charge in [-0.25, -0.2) is 0 Å². The topological polar surface area (TPSA) is 49.3 Å². The number of aliphatic hydroxyl groups excluding tert-OH is 1. The monoisotopic (exact) mass is 261 g/mol. The molecule has 1 aliphatic rings. The molecule has 0 bridgehead atoms. The number of carbonyl (C=O) groups excluding carboxylic acids is 1. The molecule has 3 heteroatoms. The van der Waals surface area contributed by atoms with Gasteiger partial charge in [0.05, 0.1) is 6.10 Å². The third-order valence-electron chi connectivity index (χ3n) is 3.94. The van der Waals surface area contributed by atoms with E-state index in [0.29, 0.717) is 12.5 Å². The highest BCUT2D eigenvalue weighted by Crippen LogP contribution is 2.35. The van der Waals surface area contributed by atoms with E-state index < -0.39 is 6.10 Å². The third kappa shape index (κ3) is 4.06. The van der Waals surface area contributed by atoms with Crippen molar-refractivity contribution >= 4 is 5.91 Å². The van der Waals surface area contributed by atoms with E-state index >= 15 is 0 Å². The van der Waals surface area contributed by atoms with Gasteiger partial charge in [0.2, 0.25) is 5.91 Å². The fraction of sp³-hybridized carbons (Fsp3) is 0.562. The molecular weight excluding hydrogens is 238 g/mol. The number of amides is 1. The first-order valence-corrected chi connectivity index (χ1v) is 7.17. The summed E-state index contributed by atoms with van der Waals surface area (Å²) < 4.78 is 0. The minimum absolute atomic E-state index is 0.104. The molecule has 2 N–H and O–H groups in total. The van der Waals surface area contributed by atoms with Gasteiger partial charge in [0.25, 0.3) is 0 Å². The Hall–Kier alpha value is -1.35. The molecule has 0 heterocycles. The molecule has 0 aliphatic heterocycles. The van der Waals surface area contributed by atoms with Crippen LogP contribution in [0.15, 0.2) is 30.3 Å². The second-order valence-corrected chi connectivity index (χ2v) is 5.55. The molecule has 1 fully saturated rings. The maximum Gasteiger partial charge on any atom is 0.223 e. The van der Waals surface area contributed by atoms with E-state index in [-0.39, 0.29) is 11.8 Å². The number of carbonyl (C=O) groups is 1. The smallest absolute Gasteiger partial charge is 0.223 e. The van der Waals surface area contributed by atoms with Crippen molar-refractivity contribution in [3.63, 3.8) is 0 Å². The Morgan fingerprint density at radius 3 is 2.47 bits per heavy atom. The average molecular weight is 261 g/mol. The van der Waals surface area contributed by atoms with Gasteiger partial charge in [-0.05, 0) is 44.1 Å². The number of aliphatic hydroxyl groups is 1. The quantitative estimate of drug-likeness (QED) is 0.874. The van der Waals surface area contributed by atoms with Gasteiger partial charge in [0, 0.05) is 12.5 Å². The largest absolute Gasteiger partial charge is 0.392 e. The van der Waals surface area contributed by atoms with E-state index in [2.05, 4.69) is 29.6 Å². The van der Waals surface area contributed by atoms with Crippen molar-refractivity contribution in [2.24, 2.45) is 5.92 Å². The Kier molecular flexibility index (Phi) is 4.97. The van der Waals surface area contributed by atoms with Gasteiger partial charge in [-0.3, -0.25) is 4.79 Å². The molecule has 0 aromatic heterocycles. The lowest BCUT2D eigenvalue weighted by Gasteiger charge is -2.28. The number of hydrogen-bond acceptors (Lipinski definition) is 2.